The van der Waals surface area contributed by atoms with Crippen LogP contribution >= 0.6 is 0 Å². The summed E-state index contributed by atoms with van der Waals surface area (Å²) in [6, 6.07) is 0. The molecule has 152 valence electrons. The Balaban J connectivity index is 4.13. The fourth-order valence-corrected chi connectivity index (χ4v) is 3.08. The van der Waals surface area contributed by atoms with E-state index in [1.54, 1.807) is 0 Å². The first-order chi connectivity index (χ1) is 11.9. The Kier molecular flexibility index (Phi) is 14.8. The summed E-state index contributed by atoms with van der Waals surface area (Å²) >= 11 is 0. The highest BCUT2D eigenvalue weighted by Crippen LogP contribution is 2.22. The van der Waals surface area contributed by atoms with E-state index in [2.05, 4.69) is 6.92 Å². The summed E-state index contributed by atoms with van der Waals surface area (Å²) in [6.07, 6.45) is 10.7. The van der Waals surface area contributed by atoms with Gasteiger partial charge in [0.1, 0.15) is 13.1 Å². The van der Waals surface area contributed by atoms with Gasteiger partial charge in [-0.15, -0.1) is 0 Å². The Labute approximate surface area is 156 Å². The van der Waals surface area contributed by atoms with Gasteiger partial charge in [-0.05, 0) is 33.6 Å². The van der Waals surface area contributed by atoms with E-state index in [4.69, 9.17) is 14.2 Å². The lowest BCUT2D eigenvalue weighted by Gasteiger charge is -2.34. The maximum Gasteiger partial charge on any atom is 0.288 e. The first kappa shape index (κ1) is 24.8. The first-order valence-corrected chi connectivity index (χ1v) is 10.4. The SMILES string of the molecule is CCCCCCCCCC[N+](C)(O)CCC(OCC)(OCC)OCC. The van der Waals surface area contributed by atoms with Crippen molar-refractivity contribution in [1.29, 1.82) is 0 Å². The number of ether oxygens (including phenoxy) is 3. The molecule has 0 saturated carbocycles. The molecule has 0 fully saturated rings. The van der Waals surface area contributed by atoms with E-state index >= 15 is 0 Å². The summed E-state index contributed by atoms with van der Waals surface area (Å²) in [5, 5.41) is 10.6. The molecule has 1 N–H and O–H groups in total. The summed E-state index contributed by atoms with van der Waals surface area (Å²) < 4.78 is 17.2. The van der Waals surface area contributed by atoms with Crippen molar-refractivity contribution in [2.24, 2.45) is 0 Å². The van der Waals surface area contributed by atoms with Crippen LogP contribution in [0.4, 0.5) is 0 Å². The van der Waals surface area contributed by atoms with Gasteiger partial charge in [0, 0.05) is 19.8 Å². The predicted octanol–water partition coefficient (Wildman–Crippen LogP) is 5.12. The molecule has 5 nitrogen and oxygen atoms in total. The van der Waals surface area contributed by atoms with E-state index in [9.17, 15) is 5.21 Å². The minimum Gasteiger partial charge on any atom is -0.328 e. The zero-order chi connectivity index (χ0) is 19.0. The average Bonchev–Trinajstić information content (AvgIpc) is 2.56. The van der Waals surface area contributed by atoms with Crippen LogP contribution in [0.15, 0.2) is 0 Å². The van der Waals surface area contributed by atoms with Crippen LogP contribution in [0.2, 0.25) is 0 Å². The second-order valence-electron chi connectivity index (χ2n) is 6.99. The van der Waals surface area contributed by atoms with Gasteiger partial charge in [0.05, 0.1) is 13.5 Å². The van der Waals surface area contributed by atoms with Gasteiger partial charge in [-0.25, -0.2) is 5.21 Å². The van der Waals surface area contributed by atoms with E-state index < -0.39 is 5.97 Å². The summed E-state index contributed by atoms with van der Waals surface area (Å²) in [7, 11) is 1.86. The van der Waals surface area contributed by atoms with Gasteiger partial charge in [-0.2, -0.15) is 4.65 Å². The molecule has 5 heteroatoms. The van der Waals surface area contributed by atoms with Crippen molar-refractivity contribution in [2.75, 3.05) is 40.0 Å². The predicted molar refractivity (Wildman–Crippen MR) is 103 cm³/mol. The lowest BCUT2D eigenvalue weighted by molar-refractivity contribution is -1.09. The highest BCUT2D eigenvalue weighted by atomic mass is 16.9. The fraction of sp³-hybridized carbons (Fsp3) is 1.00. The van der Waals surface area contributed by atoms with Crippen LogP contribution in [-0.4, -0.2) is 55.8 Å². The monoisotopic (exact) mass is 362 g/mol. The number of hydroxylamine groups is 3. The summed E-state index contributed by atoms with van der Waals surface area (Å²) in [4.78, 5) is 0. The second-order valence-corrected chi connectivity index (χ2v) is 6.99. The number of unbranched alkanes of at least 4 members (excludes halogenated alkanes) is 7. The van der Waals surface area contributed by atoms with Crippen molar-refractivity contribution in [2.45, 2.75) is 91.5 Å². The molecule has 0 spiro atoms. The Hall–Kier alpha value is -0.200. The molecule has 0 aliphatic rings. The molecule has 1 unspecified atom stereocenters. The van der Waals surface area contributed by atoms with Crippen molar-refractivity contribution in [3.63, 3.8) is 0 Å². The molecule has 0 aliphatic carbocycles. The number of hydrogen-bond acceptors (Lipinski definition) is 4. The molecule has 0 aromatic heterocycles. The third-order valence-electron chi connectivity index (χ3n) is 4.49. The van der Waals surface area contributed by atoms with Gasteiger partial charge in [-0.3, -0.25) is 0 Å². The standard InChI is InChI=1S/C20H44NO4/c1-6-10-11-12-13-14-15-16-18-21(5,22)19-17-20(23-7-2,24-8-3)25-9-4/h22H,6-19H2,1-5H3/q+1. The van der Waals surface area contributed by atoms with Crippen LogP contribution < -0.4 is 0 Å². The molecule has 0 aliphatic heterocycles. The van der Waals surface area contributed by atoms with Gasteiger partial charge in [0.25, 0.3) is 5.97 Å². The van der Waals surface area contributed by atoms with Gasteiger partial charge in [0.15, 0.2) is 0 Å². The summed E-state index contributed by atoms with van der Waals surface area (Å²) in [6.45, 7) is 10.9. The van der Waals surface area contributed by atoms with Crippen LogP contribution in [0.5, 0.6) is 0 Å². The topological polar surface area (TPSA) is 47.9 Å². The van der Waals surface area contributed by atoms with Gasteiger partial charge < -0.3 is 14.2 Å². The molecule has 0 aromatic rings. The number of hydrogen-bond donors (Lipinski definition) is 1. The Morgan fingerprint density at radius 1 is 0.680 bits per heavy atom. The van der Waals surface area contributed by atoms with Crippen LogP contribution in [0, 0.1) is 0 Å². The maximum absolute atomic E-state index is 10.6. The molecule has 0 bridgehead atoms. The fourth-order valence-electron chi connectivity index (χ4n) is 3.08. The van der Waals surface area contributed by atoms with E-state index in [0.717, 1.165) is 13.0 Å². The average molecular weight is 363 g/mol. The number of nitrogens with zero attached hydrogens (tertiary/aromatic N) is 1. The molecule has 1 atom stereocenters. The van der Waals surface area contributed by atoms with Crippen LogP contribution in [-0.2, 0) is 14.2 Å². The normalized spacial score (nSPS) is 14.6. The molecule has 0 radical (unpaired) electrons. The smallest absolute Gasteiger partial charge is 0.288 e. The van der Waals surface area contributed by atoms with Crippen LogP contribution in [0.3, 0.4) is 0 Å². The van der Waals surface area contributed by atoms with Crippen molar-refractivity contribution in [3.05, 3.63) is 0 Å². The molecular weight excluding hydrogens is 318 g/mol. The molecule has 0 amide bonds. The van der Waals surface area contributed by atoms with E-state index in [1.807, 2.05) is 27.8 Å². The zero-order valence-electron chi connectivity index (χ0n) is 17.5. The summed E-state index contributed by atoms with van der Waals surface area (Å²) in [5.41, 5.74) is 0. The van der Waals surface area contributed by atoms with Gasteiger partial charge in [0.2, 0.25) is 0 Å². The van der Waals surface area contributed by atoms with E-state index in [-0.39, 0.29) is 4.65 Å². The molecule has 25 heavy (non-hydrogen) atoms. The lowest BCUT2D eigenvalue weighted by atomic mass is 10.1. The van der Waals surface area contributed by atoms with Crippen molar-refractivity contribution >= 4 is 0 Å². The molecule has 0 saturated heterocycles. The third-order valence-corrected chi connectivity index (χ3v) is 4.49. The van der Waals surface area contributed by atoms with Crippen molar-refractivity contribution < 1.29 is 24.1 Å². The minimum atomic E-state index is -1.03. The van der Waals surface area contributed by atoms with E-state index in [1.165, 1.54) is 44.9 Å². The van der Waals surface area contributed by atoms with Gasteiger partial charge >= 0.3 is 0 Å². The largest absolute Gasteiger partial charge is 0.328 e. The highest BCUT2D eigenvalue weighted by Gasteiger charge is 2.36. The molecule has 0 heterocycles. The second kappa shape index (κ2) is 14.9. The quantitative estimate of drug-likeness (QED) is 0.159. The van der Waals surface area contributed by atoms with Crippen molar-refractivity contribution in [3.8, 4) is 0 Å². The highest BCUT2D eigenvalue weighted by molar-refractivity contribution is 4.58. The number of quaternary nitrogens is 1. The Bertz CT molecular complexity index is 280. The molecule has 0 aromatic carbocycles. The number of rotatable bonds is 18. The van der Waals surface area contributed by atoms with Crippen molar-refractivity contribution in [1.82, 2.24) is 0 Å². The Morgan fingerprint density at radius 2 is 1.12 bits per heavy atom. The van der Waals surface area contributed by atoms with Crippen LogP contribution in [0.1, 0.15) is 85.5 Å². The summed E-state index contributed by atoms with van der Waals surface area (Å²) in [5.74, 6) is -1.03. The Morgan fingerprint density at radius 3 is 1.56 bits per heavy atom. The zero-order valence-corrected chi connectivity index (χ0v) is 17.5. The van der Waals surface area contributed by atoms with Gasteiger partial charge in [-0.1, -0.05) is 45.4 Å². The third kappa shape index (κ3) is 12.7. The maximum atomic E-state index is 10.6. The molecular formula is C20H44NO4+. The lowest BCUT2D eigenvalue weighted by Crippen LogP contribution is -2.48. The minimum absolute atomic E-state index is 0.00912. The first-order valence-electron chi connectivity index (χ1n) is 10.4. The van der Waals surface area contributed by atoms with Crippen LogP contribution in [0.25, 0.3) is 0 Å². The van der Waals surface area contributed by atoms with E-state index in [0.29, 0.717) is 32.8 Å². The molecule has 0 rings (SSSR count).